The lowest BCUT2D eigenvalue weighted by atomic mass is 10.0. The first-order chi connectivity index (χ1) is 5.15. The summed E-state index contributed by atoms with van der Waals surface area (Å²) in [7, 11) is 1.56. The van der Waals surface area contributed by atoms with E-state index in [1.165, 1.54) is 0 Å². The maximum absolute atomic E-state index is 9.36. The Hall–Kier alpha value is -0.160. The Labute approximate surface area is 66.3 Å². The second-order valence-corrected chi connectivity index (χ2v) is 2.89. The minimum absolute atomic E-state index is 0.135. The molecule has 0 saturated carbocycles. The standard InChI is InChI=1S/C7H15NO3/c1-4-7(8)5(9)3-6(10-2)11-4/h4-7,9H,3,8H2,1-2H3/t4-,5+,6+,7+/m0/s1. The molecule has 4 nitrogen and oxygen atoms in total. The highest BCUT2D eigenvalue weighted by Crippen LogP contribution is 2.18. The summed E-state index contributed by atoms with van der Waals surface area (Å²) in [4.78, 5) is 0. The van der Waals surface area contributed by atoms with Gasteiger partial charge in [-0.2, -0.15) is 0 Å². The summed E-state index contributed by atoms with van der Waals surface area (Å²) in [6, 6.07) is -0.290. The maximum Gasteiger partial charge on any atom is 0.160 e. The monoisotopic (exact) mass is 161 g/mol. The molecule has 0 aromatic heterocycles. The Morgan fingerprint density at radius 3 is 2.73 bits per heavy atom. The molecule has 3 N–H and O–H groups in total. The molecule has 1 aliphatic heterocycles. The highest BCUT2D eigenvalue weighted by atomic mass is 16.7. The van der Waals surface area contributed by atoms with E-state index < -0.39 is 6.10 Å². The Kier molecular flexibility index (Phi) is 2.84. The van der Waals surface area contributed by atoms with Crippen molar-refractivity contribution in [2.75, 3.05) is 7.11 Å². The first kappa shape index (κ1) is 8.93. The van der Waals surface area contributed by atoms with E-state index in [1.807, 2.05) is 6.92 Å². The molecule has 1 fully saturated rings. The zero-order valence-electron chi connectivity index (χ0n) is 6.86. The minimum Gasteiger partial charge on any atom is -0.391 e. The average Bonchev–Trinajstić information content (AvgIpc) is 1.99. The predicted octanol–water partition coefficient (Wildman–Crippen LogP) is -0.544. The van der Waals surface area contributed by atoms with Crippen LogP contribution in [0.3, 0.4) is 0 Å². The third kappa shape index (κ3) is 1.90. The molecule has 4 heteroatoms. The normalized spacial score (nSPS) is 45.8. The van der Waals surface area contributed by atoms with E-state index in [0.717, 1.165) is 0 Å². The van der Waals surface area contributed by atoms with Gasteiger partial charge in [-0.25, -0.2) is 0 Å². The smallest absolute Gasteiger partial charge is 0.160 e. The predicted molar refractivity (Wildman–Crippen MR) is 39.9 cm³/mol. The van der Waals surface area contributed by atoms with Crippen LogP contribution < -0.4 is 5.73 Å². The highest BCUT2D eigenvalue weighted by Gasteiger charge is 2.32. The Balaban J connectivity index is 2.47. The van der Waals surface area contributed by atoms with Crippen LogP contribution in [0.1, 0.15) is 13.3 Å². The number of methoxy groups -OCH3 is 1. The van der Waals surface area contributed by atoms with Gasteiger partial charge in [0.1, 0.15) is 0 Å². The summed E-state index contributed by atoms with van der Waals surface area (Å²) in [5.74, 6) is 0. The largest absolute Gasteiger partial charge is 0.391 e. The fourth-order valence-corrected chi connectivity index (χ4v) is 1.20. The van der Waals surface area contributed by atoms with Gasteiger partial charge < -0.3 is 20.3 Å². The SMILES string of the molecule is CO[C@H]1C[C@@H](O)[C@H](N)[C@H](C)O1. The van der Waals surface area contributed by atoms with Crippen molar-refractivity contribution in [1.82, 2.24) is 0 Å². The summed E-state index contributed by atoms with van der Waals surface area (Å²) in [5, 5.41) is 9.36. The maximum atomic E-state index is 9.36. The number of nitrogens with two attached hydrogens (primary N) is 1. The van der Waals surface area contributed by atoms with Crippen LogP contribution in [-0.4, -0.2) is 36.8 Å². The molecule has 1 saturated heterocycles. The minimum atomic E-state index is -0.510. The van der Waals surface area contributed by atoms with Crippen molar-refractivity contribution in [3.8, 4) is 0 Å². The van der Waals surface area contributed by atoms with Crippen molar-refractivity contribution in [3.05, 3.63) is 0 Å². The molecule has 0 bridgehead atoms. The molecule has 4 atom stereocenters. The van der Waals surface area contributed by atoms with Gasteiger partial charge in [0.15, 0.2) is 6.29 Å². The Bertz CT molecular complexity index is 119. The molecule has 0 aliphatic carbocycles. The van der Waals surface area contributed by atoms with Crippen molar-refractivity contribution < 1.29 is 14.6 Å². The van der Waals surface area contributed by atoms with E-state index in [4.69, 9.17) is 15.2 Å². The van der Waals surface area contributed by atoms with Crippen LogP contribution >= 0.6 is 0 Å². The number of ether oxygens (including phenoxy) is 2. The average molecular weight is 161 g/mol. The van der Waals surface area contributed by atoms with Crippen molar-refractivity contribution >= 4 is 0 Å². The van der Waals surface area contributed by atoms with Crippen LogP contribution in [-0.2, 0) is 9.47 Å². The molecule has 0 radical (unpaired) electrons. The lowest BCUT2D eigenvalue weighted by Gasteiger charge is -2.35. The number of hydrogen-bond donors (Lipinski definition) is 2. The lowest BCUT2D eigenvalue weighted by Crippen LogP contribution is -2.52. The van der Waals surface area contributed by atoms with Crippen LogP contribution in [0.15, 0.2) is 0 Å². The lowest BCUT2D eigenvalue weighted by molar-refractivity contribution is -0.205. The molecule has 1 rings (SSSR count). The van der Waals surface area contributed by atoms with Crippen LogP contribution in [0.2, 0.25) is 0 Å². The summed E-state index contributed by atoms with van der Waals surface area (Å²) < 4.78 is 10.3. The molecule has 66 valence electrons. The number of aliphatic hydroxyl groups is 1. The first-order valence-corrected chi connectivity index (χ1v) is 3.77. The zero-order valence-corrected chi connectivity index (χ0v) is 6.86. The zero-order chi connectivity index (χ0) is 8.43. The van der Waals surface area contributed by atoms with Gasteiger partial charge in [-0.1, -0.05) is 0 Å². The Morgan fingerprint density at radius 2 is 2.27 bits per heavy atom. The molecule has 0 unspecified atom stereocenters. The topological polar surface area (TPSA) is 64.7 Å². The van der Waals surface area contributed by atoms with Crippen LogP contribution in [0.5, 0.6) is 0 Å². The van der Waals surface area contributed by atoms with E-state index in [-0.39, 0.29) is 18.4 Å². The third-order valence-electron chi connectivity index (χ3n) is 2.05. The second-order valence-electron chi connectivity index (χ2n) is 2.89. The highest BCUT2D eigenvalue weighted by molar-refractivity contribution is 4.83. The Morgan fingerprint density at radius 1 is 1.64 bits per heavy atom. The van der Waals surface area contributed by atoms with Crippen molar-refractivity contribution in [2.24, 2.45) is 5.73 Å². The van der Waals surface area contributed by atoms with Crippen LogP contribution in [0.4, 0.5) is 0 Å². The molecule has 1 heterocycles. The molecule has 1 aliphatic rings. The fourth-order valence-electron chi connectivity index (χ4n) is 1.20. The van der Waals surface area contributed by atoms with Crippen molar-refractivity contribution in [1.29, 1.82) is 0 Å². The quantitative estimate of drug-likeness (QED) is 0.542. The van der Waals surface area contributed by atoms with E-state index in [1.54, 1.807) is 7.11 Å². The van der Waals surface area contributed by atoms with Gasteiger partial charge in [0, 0.05) is 13.5 Å². The van der Waals surface area contributed by atoms with E-state index in [9.17, 15) is 5.11 Å². The van der Waals surface area contributed by atoms with E-state index >= 15 is 0 Å². The van der Waals surface area contributed by atoms with Gasteiger partial charge in [0.25, 0.3) is 0 Å². The van der Waals surface area contributed by atoms with E-state index in [0.29, 0.717) is 6.42 Å². The number of aliphatic hydroxyl groups excluding tert-OH is 1. The molecular formula is C7H15NO3. The van der Waals surface area contributed by atoms with Crippen molar-refractivity contribution in [2.45, 2.75) is 37.9 Å². The van der Waals surface area contributed by atoms with Crippen molar-refractivity contribution in [3.63, 3.8) is 0 Å². The molecule has 0 aromatic rings. The summed E-state index contributed by atoms with van der Waals surface area (Å²) in [6.07, 6.45) is -0.491. The molecule has 0 spiro atoms. The summed E-state index contributed by atoms with van der Waals surface area (Å²) >= 11 is 0. The van der Waals surface area contributed by atoms with Gasteiger partial charge in [0.05, 0.1) is 18.2 Å². The number of hydrogen-bond acceptors (Lipinski definition) is 4. The summed E-state index contributed by atoms with van der Waals surface area (Å²) in [6.45, 7) is 1.83. The number of rotatable bonds is 1. The first-order valence-electron chi connectivity index (χ1n) is 3.77. The molecule has 11 heavy (non-hydrogen) atoms. The van der Waals surface area contributed by atoms with Crippen LogP contribution in [0.25, 0.3) is 0 Å². The molecule has 0 amide bonds. The summed E-state index contributed by atoms with van der Waals surface area (Å²) in [5.41, 5.74) is 5.61. The van der Waals surface area contributed by atoms with E-state index in [2.05, 4.69) is 0 Å². The van der Waals surface area contributed by atoms with Gasteiger partial charge in [-0.05, 0) is 6.92 Å². The molecular weight excluding hydrogens is 146 g/mol. The van der Waals surface area contributed by atoms with Gasteiger partial charge >= 0.3 is 0 Å². The second kappa shape index (κ2) is 3.49. The van der Waals surface area contributed by atoms with Gasteiger partial charge in [0.2, 0.25) is 0 Å². The fraction of sp³-hybridized carbons (Fsp3) is 1.00. The third-order valence-corrected chi connectivity index (χ3v) is 2.05. The van der Waals surface area contributed by atoms with Gasteiger partial charge in [-0.3, -0.25) is 0 Å². The van der Waals surface area contributed by atoms with Crippen LogP contribution in [0, 0.1) is 0 Å². The van der Waals surface area contributed by atoms with Gasteiger partial charge in [-0.15, -0.1) is 0 Å². The molecule has 0 aromatic carbocycles.